The Morgan fingerprint density at radius 1 is 1.40 bits per heavy atom. The Balaban J connectivity index is 2.03. The van der Waals surface area contributed by atoms with E-state index < -0.39 is 0 Å². The second-order valence-electron chi connectivity index (χ2n) is 4.88. The highest BCUT2D eigenvalue weighted by Gasteiger charge is 2.15. The average Bonchev–Trinajstić information content (AvgIpc) is 2.86. The predicted octanol–water partition coefficient (Wildman–Crippen LogP) is 3.49. The van der Waals surface area contributed by atoms with Crippen molar-refractivity contribution in [3.8, 4) is 0 Å². The summed E-state index contributed by atoms with van der Waals surface area (Å²) in [6.07, 6.45) is 0.856. The Bertz CT molecular complexity index is 556. The standard InChI is InChI=1S/C15H20ClN3S/c1-11(13-5-3-4-6-14(13)16)19(2)9-12-10-20-15(18-12)7-8-17/h3-6,10-11H,7-9,17H2,1-2H3. The van der Waals surface area contributed by atoms with Gasteiger partial charge in [0.15, 0.2) is 0 Å². The highest BCUT2D eigenvalue weighted by molar-refractivity contribution is 7.09. The molecule has 0 fully saturated rings. The first kappa shape index (κ1) is 15.4. The van der Waals surface area contributed by atoms with Gasteiger partial charge >= 0.3 is 0 Å². The molecule has 1 aromatic heterocycles. The van der Waals surface area contributed by atoms with Gasteiger partial charge < -0.3 is 5.73 Å². The van der Waals surface area contributed by atoms with Crippen LogP contribution in [0.25, 0.3) is 0 Å². The maximum absolute atomic E-state index is 6.26. The molecular formula is C15H20ClN3S. The Morgan fingerprint density at radius 3 is 2.85 bits per heavy atom. The molecule has 0 bridgehead atoms. The fourth-order valence-corrected chi connectivity index (χ4v) is 3.20. The van der Waals surface area contributed by atoms with Crippen LogP contribution in [0.5, 0.6) is 0 Å². The molecule has 0 saturated carbocycles. The van der Waals surface area contributed by atoms with Gasteiger partial charge in [-0.1, -0.05) is 29.8 Å². The number of nitrogens with two attached hydrogens (primary N) is 1. The first-order valence-corrected chi connectivity index (χ1v) is 7.95. The van der Waals surface area contributed by atoms with E-state index in [-0.39, 0.29) is 6.04 Å². The van der Waals surface area contributed by atoms with E-state index in [9.17, 15) is 0 Å². The van der Waals surface area contributed by atoms with Crippen LogP contribution in [0.15, 0.2) is 29.6 Å². The smallest absolute Gasteiger partial charge is 0.0941 e. The number of aromatic nitrogens is 1. The zero-order chi connectivity index (χ0) is 14.5. The second kappa shape index (κ2) is 7.18. The van der Waals surface area contributed by atoms with Crippen LogP contribution < -0.4 is 5.73 Å². The molecule has 3 nitrogen and oxygen atoms in total. The van der Waals surface area contributed by atoms with Gasteiger partial charge in [-0.15, -0.1) is 11.3 Å². The minimum absolute atomic E-state index is 0.253. The number of rotatable bonds is 6. The first-order valence-electron chi connectivity index (χ1n) is 6.70. The van der Waals surface area contributed by atoms with Crippen molar-refractivity contribution in [3.05, 3.63) is 50.9 Å². The quantitative estimate of drug-likeness (QED) is 0.888. The summed E-state index contributed by atoms with van der Waals surface area (Å²) in [7, 11) is 2.09. The first-order chi connectivity index (χ1) is 9.61. The summed E-state index contributed by atoms with van der Waals surface area (Å²) < 4.78 is 0. The summed E-state index contributed by atoms with van der Waals surface area (Å²) in [5.74, 6) is 0. The van der Waals surface area contributed by atoms with E-state index in [1.54, 1.807) is 11.3 Å². The van der Waals surface area contributed by atoms with Crippen molar-refractivity contribution in [1.29, 1.82) is 0 Å². The lowest BCUT2D eigenvalue weighted by molar-refractivity contribution is 0.250. The molecule has 20 heavy (non-hydrogen) atoms. The van der Waals surface area contributed by atoms with E-state index >= 15 is 0 Å². The molecule has 0 amide bonds. The molecule has 1 aromatic carbocycles. The number of nitrogens with zero attached hydrogens (tertiary/aromatic N) is 2. The van der Waals surface area contributed by atoms with Crippen molar-refractivity contribution < 1.29 is 0 Å². The lowest BCUT2D eigenvalue weighted by atomic mass is 10.1. The van der Waals surface area contributed by atoms with E-state index in [1.807, 2.05) is 18.2 Å². The molecule has 1 heterocycles. The minimum Gasteiger partial charge on any atom is -0.330 e. The third-order valence-electron chi connectivity index (χ3n) is 3.39. The van der Waals surface area contributed by atoms with Gasteiger partial charge in [-0.3, -0.25) is 4.90 Å². The molecule has 2 rings (SSSR count). The molecule has 108 valence electrons. The number of hydrogen-bond donors (Lipinski definition) is 1. The van der Waals surface area contributed by atoms with Crippen LogP contribution in [0.1, 0.15) is 29.2 Å². The number of halogens is 1. The second-order valence-corrected chi connectivity index (χ2v) is 6.23. The largest absolute Gasteiger partial charge is 0.330 e. The minimum atomic E-state index is 0.253. The van der Waals surface area contributed by atoms with Gasteiger partial charge in [-0.2, -0.15) is 0 Å². The highest BCUT2D eigenvalue weighted by atomic mass is 35.5. The lowest BCUT2D eigenvalue weighted by Crippen LogP contribution is -2.22. The SMILES string of the molecule is CC(c1ccccc1Cl)N(C)Cc1csc(CCN)n1. The van der Waals surface area contributed by atoms with E-state index in [0.29, 0.717) is 6.54 Å². The summed E-state index contributed by atoms with van der Waals surface area (Å²) >= 11 is 7.94. The number of hydrogen-bond acceptors (Lipinski definition) is 4. The van der Waals surface area contributed by atoms with Crippen molar-refractivity contribution >= 4 is 22.9 Å². The van der Waals surface area contributed by atoms with Crippen LogP contribution in [0.2, 0.25) is 5.02 Å². The fourth-order valence-electron chi connectivity index (χ4n) is 2.10. The van der Waals surface area contributed by atoms with E-state index in [0.717, 1.165) is 34.3 Å². The van der Waals surface area contributed by atoms with Crippen molar-refractivity contribution in [2.45, 2.75) is 25.9 Å². The average molecular weight is 310 g/mol. The van der Waals surface area contributed by atoms with Crippen LogP contribution >= 0.6 is 22.9 Å². The fraction of sp³-hybridized carbons (Fsp3) is 0.400. The third kappa shape index (κ3) is 3.79. The van der Waals surface area contributed by atoms with Gasteiger partial charge in [-0.05, 0) is 32.1 Å². The number of thiazole rings is 1. The van der Waals surface area contributed by atoms with Gasteiger partial charge in [-0.25, -0.2) is 4.98 Å². The van der Waals surface area contributed by atoms with Gasteiger partial charge in [0.25, 0.3) is 0 Å². The molecule has 1 atom stereocenters. The lowest BCUT2D eigenvalue weighted by Gasteiger charge is -2.25. The van der Waals surface area contributed by atoms with Crippen LogP contribution in [-0.2, 0) is 13.0 Å². The molecule has 0 saturated heterocycles. The molecule has 5 heteroatoms. The van der Waals surface area contributed by atoms with Crippen molar-refractivity contribution in [1.82, 2.24) is 9.88 Å². The van der Waals surface area contributed by atoms with Crippen molar-refractivity contribution in [3.63, 3.8) is 0 Å². The molecular weight excluding hydrogens is 290 g/mol. The van der Waals surface area contributed by atoms with Gasteiger partial charge in [0, 0.05) is 29.4 Å². The maximum Gasteiger partial charge on any atom is 0.0941 e. The molecule has 0 aliphatic heterocycles. The van der Waals surface area contributed by atoms with Gasteiger partial charge in [0.05, 0.1) is 10.7 Å². The Morgan fingerprint density at radius 2 is 2.15 bits per heavy atom. The van der Waals surface area contributed by atoms with Crippen LogP contribution in [-0.4, -0.2) is 23.5 Å². The zero-order valence-electron chi connectivity index (χ0n) is 11.8. The van der Waals surface area contributed by atoms with Crippen LogP contribution in [0.4, 0.5) is 0 Å². The van der Waals surface area contributed by atoms with E-state index in [2.05, 4.69) is 35.3 Å². The van der Waals surface area contributed by atoms with Crippen LogP contribution in [0.3, 0.4) is 0 Å². The summed E-state index contributed by atoms with van der Waals surface area (Å²) in [6.45, 7) is 3.63. The monoisotopic (exact) mass is 309 g/mol. The Labute approximate surface area is 129 Å². The molecule has 0 spiro atoms. The van der Waals surface area contributed by atoms with Gasteiger partial charge in [0.1, 0.15) is 0 Å². The summed E-state index contributed by atoms with van der Waals surface area (Å²) in [4.78, 5) is 6.85. The van der Waals surface area contributed by atoms with E-state index in [4.69, 9.17) is 17.3 Å². The van der Waals surface area contributed by atoms with Crippen molar-refractivity contribution in [2.75, 3.05) is 13.6 Å². The van der Waals surface area contributed by atoms with Gasteiger partial charge in [0.2, 0.25) is 0 Å². The molecule has 0 radical (unpaired) electrons. The topological polar surface area (TPSA) is 42.1 Å². The molecule has 2 aromatic rings. The van der Waals surface area contributed by atoms with Crippen LogP contribution in [0, 0.1) is 0 Å². The highest BCUT2D eigenvalue weighted by Crippen LogP contribution is 2.27. The summed E-state index contributed by atoms with van der Waals surface area (Å²) in [5, 5.41) is 4.04. The normalized spacial score (nSPS) is 12.8. The predicted molar refractivity (Wildman–Crippen MR) is 86.2 cm³/mol. The molecule has 2 N–H and O–H groups in total. The molecule has 1 unspecified atom stereocenters. The Kier molecular flexibility index (Phi) is 5.54. The molecule has 0 aliphatic rings. The summed E-state index contributed by atoms with van der Waals surface area (Å²) in [6, 6.07) is 8.24. The molecule has 0 aliphatic carbocycles. The third-order valence-corrected chi connectivity index (χ3v) is 4.69. The zero-order valence-corrected chi connectivity index (χ0v) is 13.4. The van der Waals surface area contributed by atoms with E-state index in [1.165, 1.54) is 0 Å². The van der Waals surface area contributed by atoms with Crippen molar-refractivity contribution in [2.24, 2.45) is 5.73 Å². The summed E-state index contributed by atoms with van der Waals surface area (Å²) in [5.41, 5.74) is 7.80. The number of benzene rings is 1. The maximum atomic E-state index is 6.26. The Hall–Kier alpha value is -0.940.